The maximum atomic E-state index is 14.8. The zero-order chi connectivity index (χ0) is 31.9. The van der Waals surface area contributed by atoms with Gasteiger partial charge in [-0.1, -0.05) is 19.9 Å². The molecule has 0 bridgehead atoms. The van der Waals surface area contributed by atoms with Gasteiger partial charge in [0, 0.05) is 19.0 Å². The second kappa shape index (κ2) is 14.2. The molecule has 4 N–H and O–H groups in total. The largest absolute Gasteiger partial charge is 0.497 e. The van der Waals surface area contributed by atoms with E-state index in [-0.39, 0.29) is 47.9 Å². The van der Waals surface area contributed by atoms with Crippen molar-refractivity contribution in [2.45, 2.75) is 89.7 Å². The Morgan fingerprint density at radius 3 is 2.60 bits per heavy atom. The van der Waals surface area contributed by atoms with Crippen LogP contribution in [0, 0.1) is 11.8 Å². The monoisotopic (exact) mass is 606 g/mol. The normalized spacial score (nSPS) is 23.5. The maximum Gasteiger partial charge on any atom is 0.408 e. The van der Waals surface area contributed by atoms with E-state index in [1.54, 1.807) is 6.07 Å². The fraction of sp³-hybridized carbons (Fsp3) is 0.613. The molecule has 12 heteroatoms. The standard InChI is InChI=1S/C31H44F2N4O6/c1-19-13-16-37(27(19)21(3)38)26(39)18-35-29(41)43-30(4)14-8-10-22(30)9-6-7-15-31(32,33)20(2)28(40)36-25-17-23(42-5)11-12-24(25)34/h11-12,17,19,22,27H,2,6-10,13-16,18,34H2,1,3-5H3,(H,35,41)(H,36,40)/t19-,22-,27+,30?/m1/s1. The summed E-state index contributed by atoms with van der Waals surface area (Å²) in [4.78, 5) is 51.2. The number of carbonyl (C=O) groups is 4. The molecule has 4 atom stereocenters. The zero-order valence-electron chi connectivity index (χ0n) is 25.5. The van der Waals surface area contributed by atoms with Crippen LogP contribution in [0.5, 0.6) is 5.75 Å². The first-order valence-electron chi connectivity index (χ1n) is 14.8. The third kappa shape index (κ3) is 8.45. The number of nitrogens with two attached hydrogens (primary N) is 1. The number of alkyl halides is 2. The highest BCUT2D eigenvalue weighted by atomic mass is 19.3. The molecule has 3 amide bonds. The van der Waals surface area contributed by atoms with Gasteiger partial charge in [-0.25, -0.2) is 13.6 Å². The molecule has 1 aromatic carbocycles. The van der Waals surface area contributed by atoms with Crippen LogP contribution in [0.4, 0.5) is 25.0 Å². The van der Waals surface area contributed by atoms with Gasteiger partial charge < -0.3 is 30.7 Å². The number of amides is 3. The molecule has 238 valence electrons. The van der Waals surface area contributed by atoms with Gasteiger partial charge in [0.05, 0.1) is 30.1 Å². The second-order valence-electron chi connectivity index (χ2n) is 11.9. The number of nitrogens with one attached hydrogen (secondary N) is 2. The number of likely N-dealkylation sites (tertiary alicyclic amines) is 1. The van der Waals surface area contributed by atoms with Crippen LogP contribution in [-0.4, -0.2) is 66.4 Å². The first kappa shape index (κ1) is 33.8. The molecule has 0 radical (unpaired) electrons. The first-order chi connectivity index (χ1) is 20.2. The molecule has 43 heavy (non-hydrogen) atoms. The van der Waals surface area contributed by atoms with Crippen molar-refractivity contribution in [2.24, 2.45) is 11.8 Å². The Morgan fingerprint density at radius 2 is 1.93 bits per heavy atom. The van der Waals surface area contributed by atoms with E-state index in [2.05, 4.69) is 17.2 Å². The van der Waals surface area contributed by atoms with Crippen LogP contribution >= 0.6 is 0 Å². The minimum Gasteiger partial charge on any atom is -0.497 e. The van der Waals surface area contributed by atoms with Crippen molar-refractivity contribution in [2.75, 3.05) is 31.2 Å². The predicted octanol–water partition coefficient (Wildman–Crippen LogP) is 5.08. The summed E-state index contributed by atoms with van der Waals surface area (Å²) in [5.74, 6) is -4.42. The molecule has 1 saturated heterocycles. The van der Waals surface area contributed by atoms with Gasteiger partial charge in [-0.2, -0.15) is 0 Å². The molecule has 10 nitrogen and oxygen atoms in total. The highest BCUT2D eigenvalue weighted by molar-refractivity contribution is 6.06. The van der Waals surface area contributed by atoms with Crippen LogP contribution in [-0.2, 0) is 19.1 Å². The molecule has 1 aliphatic carbocycles. The number of ether oxygens (including phenoxy) is 2. The van der Waals surface area contributed by atoms with E-state index in [1.807, 2.05) is 13.8 Å². The molecule has 1 saturated carbocycles. The van der Waals surface area contributed by atoms with Crippen LogP contribution in [0.25, 0.3) is 0 Å². The Balaban J connectivity index is 1.44. The molecule has 2 fully saturated rings. The van der Waals surface area contributed by atoms with Gasteiger partial charge in [0.2, 0.25) is 5.91 Å². The number of carbonyl (C=O) groups excluding carboxylic acids is 4. The fourth-order valence-corrected chi connectivity index (χ4v) is 6.16. The second-order valence-corrected chi connectivity index (χ2v) is 11.9. The Hall–Kier alpha value is -3.70. The van der Waals surface area contributed by atoms with Crippen molar-refractivity contribution >= 4 is 35.1 Å². The number of nitrogens with zero attached hydrogens (tertiary/aromatic N) is 1. The van der Waals surface area contributed by atoms with Gasteiger partial charge in [-0.15, -0.1) is 0 Å². The molecule has 0 aromatic heterocycles. The Labute approximate surface area is 251 Å². The van der Waals surface area contributed by atoms with E-state index in [4.69, 9.17) is 15.2 Å². The average Bonchev–Trinajstić information content (AvgIpc) is 3.52. The van der Waals surface area contributed by atoms with Crippen molar-refractivity contribution in [1.29, 1.82) is 0 Å². The van der Waals surface area contributed by atoms with Crippen LogP contribution in [0.3, 0.4) is 0 Å². The van der Waals surface area contributed by atoms with Gasteiger partial charge >= 0.3 is 6.09 Å². The number of anilines is 2. The fourth-order valence-electron chi connectivity index (χ4n) is 6.16. The number of benzene rings is 1. The Bertz CT molecular complexity index is 1220. The number of rotatable bonds is 13. The van der Waals surface area contributed by atoms with Crippen molar-refractivity contribution < 1.29 is 37.4 Å². The molecule has 2 aliphatic rings. The van der Waals surface area contributed by atoms with Crippen molar-refractivity contribution in [3.63, 3.8) is 0 Å². The van der Waals surface area contributed by atoms with Gasteiger partial charge in [0.15, 0.2) is 5.78 Å². The minimum absolute atomic E-state index is 0.0355. The van der Waals surface area contributed by atoms with E-state index < -0.39 is 41.6 Å². The summed E-state index contributed by atoms with van der Waals surface area (Å²) < 4.78 is 40.5. The zero-order valence-corrected chi connectivity index (χ0v) is 25.5. The average molecular weight is 607 g/mol. The Morgan fingerprint density at radius 1 is 1.21 bits per heavy atom. The first-order valence-corrected chi connectivity index (χ1v) is 14.8. The lowest BCUT2D eigenvalue weighted by Gasteiger charge is -2.32. The van der Waals surface area contributed by atoms with Crippen LogP contribution in [0.1, 0.15) is 72.1 Å². The van der Waals surface area contributed by atoms with E-state index in [1.165, 1.54) is 31.1 Å². The number of alkyl carbamates (subject to hydrolysis) is 1. The number of Topliss-reactive ketones (excluding diaryl/α,β-unsaturated/α-hetero) is 1. The van der Waals surface area contributed by atoms with Crippen molar-refractivity contribution in [1.82, 2.24) is 10.2 Å². The third-order valence-electron chi connectivity index (χ3n) is 8.75. The molecule has 1 heterocycles. The topological polar surface area (TPSA) is 140 Å². The summed E-state index contributed by atoms with van der Waals surface area (Å²) >= 11 is 0. The molecule has 1 aliphatic heterocycles. The molecule has 1 aromatic rings. The minimum atomic E-state index is -3.42. The summed E-state index contributed by atoms with van der Waals surface area (Å²) in [5, 5.41) is 4.90. The summed E-state index contributed by atoms with van der Waals surface area (Å²) in [7, 11) is 1.43. The smallest absolute Gasteiger partial charge is 0.408 e. The highest BCUT2D eigenvalue weighted by Crippen LogP contribution is 2.42. The van der Waals surface area contributed by atoms with Crippen LogP contribution in [0.15, 0.2) is 30.4 Å². The molecule has 0 spiro atoms. The predicted molar refractivity (Wildman–Crippen MR) is 159 cm³/mol. The third-order valence-corrected chi connectivity index (χ3v) is 8.75. The van der Waals surface area contributed by atoms with Crippen LogP contribution < -0.4 is 21.1 Å². The number of methoxy groups -OCH3 is 1. The van der Waals surface area contributed by atoms with Gasteiger partial charge in [0.25, 0.3) is 11.8 Å². The molecule has 3 rings (SSSR count). The summed E-state index contributed by atoms with van der Waals surface area (Å²) in [6.45, 7) is 8.75. The van der Waals surface area contributed by atoms with Crippen LogP contribution in [0.2, 0.25) is 0 Å². The SMILES string of the molecule is C=C(C(=O)Nc1cc(OC)ccc1N)C(F)(F)CCCC[C@@H]1CCCC1(C)OC(=O)NCC(=O)N1CC[C@@H](C)[C@H]1C(C)=O. The number of unbranched alkanes of at least 4 members (excludes halogenated alkanes) is 1. The highest BCUT2D eigenvalue weighted by Gasteiger charge is 2.43. The van der Waals surface area contributed by atoms with Gasteiger partial charge in [0.1, 0.15) is 17.9 Å². The number of nitrogen functional groups attached to an aromatic ring is 1. The lowest BCUT2D eigenvalue weighted by molar-refractivity contribution is -0.136. The number of ketones is 1. The van der Waals surface area contributed by atoms with Crippen molar-refractivity contribution in [3.05, 3.63) is 30.4 Å². The summed E-state index contributed by atoms with van der Waals surface area (Å²) in [6.07, 6.45) is 2.80. The molecular weight excluding hydrogens is 562 g/mol. The summed E-state index contributed by atoms with van der Waals surface area (Å²) in [6, 6.07) is 4.05. The number of hydrogen-bond acceptors (Lipinski definition) is 7. The molecule has 1 unspecified atom stereocenters. The van der Waals surface area contributed by atoms with E-state index in [0.29, 0.717) is 31.6 Å². The number of halogens is 2. The van der Waals surface area contributed by atoms with Gasteiger partial charge in [-0.05, 0) is 76.3 Å². The molecular formula is C31H44F2N4O6. The quantitative estimate of drug-likeness (QED) is 0.162. The van der Waals surface area contributed by atoms with E-state index in [9.17, 15) is 28.0 Å². The summed E-state index contributed by atoms with van der Waals surface area (Å²) in [5.41, 5.74) is 4.55. The Kier molecular flexibility index (Phi) is 11.1. The number of hydrogen-bond donors (Lipinski definition) is 3. The van der Waals surface area contributed by atoms with Crippen molar-refractivity contribution in [3.8, 4) is 5.75 Å². The lowest BCUT2D eigenvalue weighted by Crippen LogP contribution is -2.47. The van der Waals surface area contributed by atoms with Gasteiger partial charge in [-0.3, -0.25) is 14.4 Å². The van der Waals surface area contributed by atoms with E-state index in [0.717, 1.165) is 19.3 Å². The lowest BCUT2D eigenvalue weighted by atomic mass is 9.87. The van der Waals surface area contributed by atoms with E-state index >= 15 is 0 Å². The maximum absolute atomic E-state index is 14.8.